The quantitative estimate of drug-likeness (QED) is 0.217. The third-order valence-electron chi connectivity index (χ3n) is 6.07. The van der Waals surface area contributed by atoms with Crippen LogP contribution < -0.4 is 10.6 Å². The summed E-state index contributed by atoms with van der Waals surface area (Å²) in [6.07, 6.45) is 0.408. The number of hydrogen-bond acceptors (Lipinski definition) is 9. The standard InChI is InChI=1S/C27H26N2O8/c30-17-9-7-15(8-10-17)26(35)29-19-14-28-11-3-6-23(19)37-27(36)16-12-21(32)24(22(33)13-16)25(34)18-4-1-2-5-20(18)31/h1-2,4-5,7-10,12-13,19,23,28,30-33H,3,6,11,14H2,(H,29,35)/t19-,23+/m1/s1. The Labute approximate surface area is 212 Å². The zero-order chi connectivity index (χ0) is 26.5. The number of esters is 1. The van der Waals surface area contributed by atoms with E-state index in [1.807, 2.05) is 0 Å². The molecule has 1 aliphatic rings. The van der Waals surface area contributed by atoms with Gasteiger partial charge in [-0.05, 0) is 67.9 Å². The first-order chi connectivity index (χ1) is 17.7. The Kier molecular flexibility index (Phi) is 7.59. The first-order valence-electron chi connectivity index (χ1n) is 11.6. The average molecular weight is 507 g/mol. The van der Waals surface area contributed by atoms with Crippen molar-refractivity contribution in [3.05, 3.63) is 82.9 Å². The predicted octanol–water partition coefficient (Wildman–Crippen LogP) is 2.45. The van der Waals surface area contributed by atoms with Gasteiger partial charge < -0.3 is 35.8 Å². The summed E-state index contributed by atoms with van der Waals surface area (Å²) in [5, 5.41) is 46.3. The van der Waals surface area contributed by atoms with E-state index < -0.39 is 46.9 Å². The predicted molar refractivity (Wildman–Crippen MR) is 132 cm³/mol. The number of phenols is 4. The minimum Gasteiger partial charge on any atom is -0.508 e. The van der Waals surface area contributed by atoms with Gasteiger partial charge in [-0.1, -0.05) is 12.1 Å². The van der Waals surface area contributed by atoms with Crippen molar-refractivity contribution in [2.75, 3.05) is 13.1 Å². The number of ether oxygens (including phenoxy) is 1. The van der Waals surface area contributed by atoms with Gasteiger partial charge in [-0.25, -0.2) is 4.79 Å². The first-order valence-corrected chi connectivity index (χ1v) is 11.6. The summed E-state index contributed by atoms with van der Waals surface area (Å²) in [6.45, 7) is 0.997. The van der Waals surface area contributed by atoms with Gasteiger partial charge in [-0.2, -0.15) is 0 Å². The largest absolute Gasteiger partial charge is 0.508 e. The smallest absolute Gasteiger partial charge is 0.338 e. The number of rotatable bonds is 6. The maximum Gasteiger partial charge on any atom is 0.338 e. The van der Waals surface area contributed by atoms with Gasteiger partial charge in [0.25, 0.3) is 5.91 Å². The summed E-state index contributed by atoms with van der Waals surface area (Å²) in [5.41, 5.74) is -0.450. The molecular formula is C27H26N2O8. The fourth-order valence-electron chi connectivity index (χ4n) is 4.14. The number of nitrogens with one attached hydrogen (secondary N) is 2. The van der Waals surface area contributed by atoms with Gasteiger partial charge in [0, 0.05) is 12.1 Å². The molecule has 4 rings (SSSR count). The van der Waals surface area contributed by atoms with Crippen molar-refractivity contribution < 1.29 is 39.5 Å². The number of aromatic hydroxyl groups is 4. The SMILES string of the molecule is O=C(N[C@@H]1CNCCC[C@@H]1OC(=O)c1cc(O)c(C(=O)c2ccccc2O)c(O)c1)c1ccc(O)cc1. The number of ketones is 1. The number of hydrogen-bond donors (Lipinski definition) is 6. The van der Waals surface area contributed by atoms with E-state index in [4.69, 9.17) is 4.74 Å². The third kappa shape index (κ3) is 5.81. The number of carbonyl (C=O) groups is 3. The molecule has 0 bridgehead atoms. The van der Waals surface area contributed by atoms with Crippen LogP contribution in [-0.2, 0) is 4.74 Å². The lowest BCUT2D eigenvalue weighted by molar-refractivity contribution is 0.0191. The van der Waals surface area contributed by atoms with E-state index in [0.29, 0.717) is 31.5 Å². The molecule has 0 radical (unpaired) electrons. The molecule has 1 aliphatic heterocycles. The van der Waals surface area contributed by atoms with Crippen molar-refractivity contribution >= 4 is 17.7 Å². The van der Waals surface area contributed by atoms with Crippen LogP contribution in [0, 0.1) is 0 Å². The lowest BCUT2D eigenvalue weighted by Gasteiger charge is -2.26. The molecule has 1 heterocycles. The van der Waals surface area contributed by atoms with Crippen LogP contribution in [0.4, 0.5) is 0 Å². The summed E-state index contributed by atoms with van der Waals surface area (Å²) in [7, 11) is 0. The van der Waals surface area contributed by atoms with E-state index in [2.05, 4.69) is 10.6 Å². The highest BCUT2D eigenvalue weighted by atomic mass is 16.5. The molecule has 2 atom stereocenters. The van der Waals surface area contributed by atoms with E-state index >= 15 is 0 Å². The maximum atomic E-state index is 12.9. The van der Waals surface area contributed by atoms with Gasteiger partial charge in [0.15, 0.2) is 0 Å². The van der Waals surface area contributed by atoms with Crippen LogP contribution in [0.25, 0.3) is 0 Å². The molecule has 192 valence electrons. The highest BCUT2D eigenvalue weighted by Gasteiger charge is 2.30. The fourth-order valence-corrected chi connectivity index (χ4v) is 4.14. The fraction of sp³-hybridized carbons (Fsp3) is 0.222. The minimum atomic E-state index is -0.858. The van der Waals surface area contributed by atoms with E-state index in [9.17, 15) is 34.8 Å². The van der Waals surface area contributed by atoms with E-state index in [1.54, 1.807) is 0 Å². The molecule has 1 fully saturated rings. The van der Waals surface area contributed by atoms with Crippen LogP contribution in [0.1, 0.15) is 49.5 Å². The van der Waals surface area contributed by atoms with Crippen LogP contribution in [-0.4, -0.2) is 63.3 Å². The van der Waals surface area contributed by atoms with Crippen molar-refractivity contribution in [3.63, 3.8) is 0 Å². The normalized spacial score (nSPS) is 17.4. The Hall–Kier alpha value is -4.57. The van der Waals surface area contributed by atoms with Crippen molar-refractivity contribution in [2.24, 2.45) is 0 Å². The Morgan fingerprint density at radius 2 is 1.54 bits per heavy atom. The Balaban J connectivity index is 1.51. The molecule has 37 heavy (non-hydrogen) atoms. The zero-order valence-electron chi connectivity index (χ0n) is 19.7. The molecule has 6 N–H and O–H groups in total. The zero-order valence-corrected chi connectivity index (χ0v) is 19.7. The highest BCUT2D eigenvalue weighted by Crippen LogP contribution is 2.33. The van der Waals surface area contributed by atoms with Gasteiger partial charge in [0.1, 0.15) is 34.7 Å². The molecule has 1 amide bonds. The molecule has 0 aromatic heterocycles. The molecular weight excluding hydrogens is 480 g/mol. The maximum absolute atomic E-state index is 12.9. The van der Waals surface area contributed by atoms with Crippen molar-refractivity contribution in [1.82, 2.24) is 10.6 Å². The molecule has 10 nitrogen and oxygen atoms in total. The van der Waals surface area contributed by atoms with Crippen molar-refractivity contribution in [1.29, 1.82) is 0 Å². The Bertz CT molecular complexity index is 1300. The minimum absolute atomic E-state index is 0.0271. The molecule has 3 aromatic rings. The first kappa shape index (κ1) is 25.5. The molecule has 0 saturated carbocycles. The van der Waals surface area contributed by atoms with Crippen LogP contribution in [0.5, 0.6) is 23.0 Å². The number of amides is 1. The molecule has 10 heteroatoms. The van der Waals surface area contributed by atoms with E-state index in [-0.39, 0.29) is 22.6 Å². The van der Waals surface area contributed by atoms with Gasteiger partial charge >= 0.3 is 5.97 Å². The third-order valence-corrected chi connectivity index (χ3v) is 6.07. The highest BCUT2D eigenvalue weighted by molar-refractivity contribution is 6.14. The lowest BCUT2D eigenvalue weighted by Crippen LogP contribution is -2.49. The summed E-state index contributed by atoms with van der Waals surface area (Å²) in [6, 6.07) is 12.9. The van der Waals surface area contributed by atoms with Crippen LogP contribution >= 0.6 is 0 Å². The topological polar surface area (TPSA) is 165 Å². The van der Waals surface area contributed by atoms with Crippen molar-refractivity contribution in [2.45, 2.75) is 25.0 Å². The molecule has 1 saturated heterocycles. The lowest BCUT2D eigenvalue weighted by atomic mass is 9.99. The van der Waals surface area contributed by atoms with Crippen LogP contribution in [0.2, 0.25) is 0 Å². The summed E-state index contributed by atoms with van der Waals surface area (Å²) in [4.78, 5) is 38.4. The summed E-state index contributed by atoms with van der Waals surface area (Å²) >= 11 is 0. The summed E-state index contributed by atoms with van der Waals surface area (Å²) < 4.78 is 5.66. The monoisotopic (exact) mass is 506 g/mol. The molecule has 3 aromatic carbocycles. The molecule has 0 spiro atoms. The molecule has 0 aliphatic carbocycles. The van der Waals surface area contributed by atoms with Crippen LogP contribution in [0.3, 0.4) is 0 Å². The van der Waals surface area contributed by atoms with E-state index in [0.717, 1.165) is 12.1 Å². The second kappa shape index (κ2) is 11.0. The average Bonchev–Trinajstić information content (AvgIpc) is 3.09. The van der Waals surface area contributed by atoms with Gasteiger partial charge in [0.05, 0.1) is 17.2 Å². The van der Waals surface area contributed by atoms with E-state index in [1.165, 1.54) is 48.5 Å². The van der Waals surface area contributed by atoms with Crippen LogP contribution in [0.15, 0.2) is 60.7 Å². The van der Waals surface area contributed by atoms with Crippen molar-refractivity contribution in [3.8, 4) is 23.0 Å². The number of benzene rings is 3. The number of para-hydroxylation sites is 1. The number of carbonyl (C=O) groups excluding carboxylic acids is 3. The second-order valence-electron chi connectivity index (χ2n) is 8.65. The summed E-state index contributed by atoms with van der Waals surface area (Å²) in [5.74, 6) is -3.68. The van der Waals surface area contributed by atoms with Gasteiger partial charge in [-0.15, -0.1) is 0 Å². The second-order valence-corrected chi connectivity index (χ2v) is 8.65. The Morgan fingerprint density at radius 1 is 0.865 bits per heavy atom. The number of phenolic OH excluding ortho intramolecular Hbond substituents is 4. The molecule has 0 unspecified atom stereocenters. The Morgan fingerprint density at radius 3 is 2.22 bits per heavy atom. The van der Waals surface area contributed by atoms with Gasteiger partial charge in [0.2, 0.25) is 5.78 Å². The van der Waals surface area contributed by atoms with Gasteiger partial charge in [-0.3, -0.25) is 9.59 Å².